The third-order valence-corrected chi connectivity index (χ3v) is 8.21. The lowest BCUT2D eigenvalue weighted by molar-refractivity contribution is 0.0223. The van der Waals surface area contributed by atoms with Crippen LogP contribution < -0.4 is 4.74 Å². The lowest BCUT2D eigenvalue weighted by atomic mass is 9.77. The van der Waals surface area contributed by atoms with Gasteiger partial charge in [0.1, 0.15) is 23.0 Å². The fraction of sp³-hybridized carbons (Fsp3) is 0.0500. The van der Waals surface area contributed by atoms with Crippen molar-refractivity contribution < 1.29 is 24.5 Å². The number of rotatable bonds is 0. The molecule has 28 heavy (non-hydrogen) atoms. The van der Waals surface area contributed by atoms with Crippen molar-refractivity contribution in [2.75, 3.05) is 0 Å². The number of carbonyl (C=O) groups excluding carboxylic acids is 1. The van der Waals surface area contributed by atoms with E-state index in [0.717, 1.165) is 4.47 Å². The zero-order valence-electron chi connectivity index (χ0n) is 13.8. The van der Waals surface area contributed by atoms with Crippen LogP contribution in [-0.2, 0) is 10.3 Å². The summed E-state index contributed by atoms with van der Waals surface area (Å²) in [5.74, 6) is 0.221. The fourth-order valence-electron chi connectivity index (χ4n) is 3.75. The Balaban J connectivity index is 1.94. The summed E-state index contributed by atoms with van der Waals surface area (Å²) in [5, 5.41) is 19.9. The van der Waals surface area contributed by atoms with E-state index in [1.54, 1.807) is 12.1 Å². The third-order valence-electron chi connectivity index (χ3n) is 4.90. The zero-order valence-corrected chi connectivity index (χ0v) is 18.6. The van der Waals surface area contributed by atoms with Gasteiger partial charge in [-0.15, -0.1) is 0 Å². The summed E-state index contributed by atoms with van der Waals surface area (Å²) in [6.45, 7) is 0. The van der Waals surface area contributed by atoms with Crippen molar-refractivity contribution in [1.82, 2.24) is 0 Å². The molecule has 5 rings (SSSR count). The molecular weight excluding hydrogens is 560 g/mol. The van der Waals surface area contributed by atoms with Crippen LogP contribution in [0.5, 0.6) is 23.0 Å². The number of hydrogen-bond acceptors (Lipinski definition) is 5. The molecule has 1 spiro atoms. The van der Waals surface area contributed by atoms with Crippen LogP contribution >= 0.6 is 47.8 Å². The fourth-order valence-corrected chi connectivity index (χ4v) is 5.35. The van der Waals surface area contributed by atoms with Gasteiger partial charge in [0.25, 0.3) is 0 Å². The lowest BCUT2D eigenvalue weighted by Crippen LogP contribution is -2.32. The molecule has 0 radical (unpaired) electrons. The predicted molar refractivity (Wildman–Crippen MR) is 111 cm³/mol. The van der Waals surface area contributed by atoms with Gasteiger partial charge in [0, 0.05) is 42.2 Å². The monoisotopic (exact) mass is 566 g/mol. The van der Waals surface area contributed by atoms with Crippen LogP contribution in [0.2, 0.25) is 0 Å². The Morgan fingerprint density at radius 1 is 0.786 bits per heavy atom. The van der Waals surface area contributed by atoms with Crippen LogP contribution in [-0.4, -0.2) is 16.2 Å². The van der Waals surface area contributed by atoms with Gasteiger partial charge < -0.3 is 19.7 Å². The summed E-state index contributed by atoms with van der Waals surface area (Å²) < 4.78 is 14.0. The number of ether oxygens (including phenoxy) is 2. The number of halogens is 3. The van der Waals surface area contributed by atoms with Crippen LogP contribution in [0.15, 0.2) is 55.9 Å². The van der Waals surface area contributed by atoms with Gasteiger partial charge >= 0.3 is 5.97 Å². The number of phenols is 2. The standard InChI is InChI=1S/C20H9Br3O5/c21-13-7-12-16(18(23)17(13)22)19(26)28-20(12)10-3-1-8(24)5-14(10)27-15-6-9(25)2-4-11(15)20/h1-7,24-25H. The van der Waals surface area contributed by atoms with Gasteiger partial charge in [-0.3, -0.25) is 0 Å². The first-order valence-corrected chi connectivity index (χ1v) is 10.5. The Hall–Kier alpha value is -2.03. The molecule has 0 atom stereocenters. The Morgan fingerprint density at radius 2 is 1.36 bits per heavy atom. The van der Waals surface area contributed by atoms with Crippen molar-refractivity contribution in [3.63, 3.8) is 0 Å². The average molecular weight is 569 g/mol. The SMILES string of the molecule is O=C1OC2(c3ccc(O)cc3Oc3cc(O)ccc32)c2cc(Br)c(Br)c(Br)c21. The molecule has 0 bridgehead atoms. The van der Waals surface area contributed by atoms with Gasteiger partial charge in [0.15, 0.2) is 5.60 Å². The van der Waals surface area contributed by atoms with Crippen LogP contribution in [0.25, 0.3) is 0 Å². The molecule has 8 heteroatoms. The summed E-state index contributed by atoms with van der Waals surface area (Å²) in [6, 6.07) is 11.1. The molecule has 0 amide bonds. The Labute approximate surface area is 184 Å². The van der Waals surface area contributed by atoms with Gasteiger partial charge in [-0.05, 0) is 78.1 Å². The predicted octanol–water partition coefficient (Wildman–Crippen LogP) is 5.95. The highest BCUT2D eigenvalue weighted by atomic mass is 79.9. The van der Waals surface area contributed by atoms with Gasteiger partial charge in [-0.1, -0.05) is 0 Å². The van der Waals surface area contributed by atoms with Gasteiger partial charge in [0.2, 0.25) is 0 Å². The summed E-state index contributed by atoms with van der Waals surface area (Å²) in [4.78, 5) is 12.9. The summed E-state index contributed by atoms with van der Waals surface area (Å²) in [7, 11) is 0. The highest BCUT2D eigenvalue weighted by Crippen LogP contribution is 2.58. The Kier molecular flexibility index (Phi) is 3.85. The van der Waals surface area contributed by atoms with E-state index in [0.29, 0.717) is 42.7 Å². The quantitative estimate of drug-likeness (QED) is 0.259. The maximum absolute atomic E-state index is 12.9. The second-order valence-electron chi connectivity index (χ2n) is 6.44. The molecule has 0 aliphatic carbocycles. The van der Waals surface area contributed by atoms with Crippen molar-refractivity contribution in [3.05, 3.63) is 78.1 Å². The molecule has 2 heterocycles. The van der Waals surface area contributed by atoms with E-state index >= 15 is 0 Å². The molecule has 3 aromatic rings. The normalized spacial score (nSPS) is 15.5. The highest BCUT2D eigenvalue weighted by molar-refractivity contribution is 9.14. The average Bonchev–Trinajstić information content (AvgIpc) is 2.92. The first kappa shape index (κ1) is 18.0. The van der Waals surface area contributed by atoms with E-state index in [2.05, 4.69) is 47.8 Å². The molecule has 3 aromatic carbocycles. The van der Waals surface area contributed by atoms with E-state index in [1.165, 1.54) is 24.3 Å². The molecule has 0 fully saturated rings. The topological polar surface area (TPSA) is 76.0 Å². The van der Waals surface area contributed by atoms with E-state index in [-0.39, 0.29) is 11.5 Å². The van der Waals surface area contributed by atoms with Crippen LogP contribution in [0.4, 0.5) is 0 Å². The zero-order chi connectivity index (χ0) is 19.8. The maximum Gasteiger partial charge on any atom is 0.341 e. The lowest BCUT2D eigenvalue weighted by Gasteiger charge is -2.36. The summed E-state index contributed by atoms with van der Waals surface area (Å²) >= 11 is 10.5. The van der Waals surface area contributed by atoms with Crippen molar-refractivity contribution in [1.29, 1.82) is 0 Å². The molecule has 2 aliphatic rings. The van der Waals surface area contributed by atoms with Crippen LogP contribution in [0.1, 0.15) is 27.0 Å². The van der Waals surface area contributed by atoms with E-state index < -0.39 is 11.6 Å². The number of esters is 1. The molecular formula is C20H9Br3O5. The number of aromatic hydroxyl groups is 2. The number of carbonyl (C=O) groups is 1. The second kappa shape index (κ2) is 5.98. The molecule has 140 valence electrons. The van der Waals surface area contributed by atoms with Crippen LogP contribution in [0, 0.1) is 0 Å². The molecule has 2 N–H and O–H groups in total. The number of fused-ring (bicyclic) bond motifs is 6. The summed E-state index contributed by atoms with van der Waals surface area (Å²) in [6.07, 6.45) is 0. The number of phenolic OH excluding ortho intramolecular Hbond substituents is 2. The molecule has 0 aromatic heterocycles. The van der Waals surface area contributed by atoms with Gasteiger partial charge in [0.05, 0.1) is 5.56 Å². The maximum atomic E-state index is 12.9. The van der Waals surface area contributed by atoms with E-state index in [4.69, 9.17) is 9.47 Å². The van der Waals surface area contributed by atoms with Crippen LogP contribution in [0.3, 0.4) is 0 Å². The Morgan fingerprint density at radius 3 is 1.93 bits per heavy atom. The smallest absolute Gasteiger partial charge is 0.341 e. The van der Waals surface area contributed by atoms with Gasteiger partial charge in [-0.2, -0.15) is 0 Å². The largest absolute Gasteiger partial charge is 0.508 e. The van der Waals surface area contributed by atoms with E-state index in [9.17, 15) is 15.0 Å². The molecule has 0 unspecified atom stereocenters. The number of hydrogen-bond donors (Lipinski definition) is 2. The molecule has 0 saturated carbocycles. The third kappa shape index (κ3) is 2.25. The van der Waals surface area contributed by atoms with Crippen molar-refractivity contribution in [3.8, 4) is 23.0 Å². The minimum atomic E-state index is -1.28. The van der Waals surface area contributed by atoms with Crippen molar-refractivity contribution >= 4 is 53.8 Å². The van der Waals surface area contributed by atoms with Crippen molar-refractivity contribution in [2.24, 2.45) is 0 Å². The first-order valence-electron chi connectivity index (χ1n) is 8.09. The minimum absolute atomic E-state index is 0.0141. The van der Waals surface area contributed by atoms with Gasteiger partial charge in [-0.25, -0.2) is 4.79 Å². The highest BCUT2D eigenvalue weighted by Gasteiger charge is 2.54. The summed E-state index contributed by atoms with van der Waals surface area (Å²) in [5.41, 5.74) is 0.910. The van der Waals surface area contributed by atoms with E-state index in [1.807, 2.05) is 6.07 Å². The minimum Gasteiger partial charge on any atom is -0.508 e. The second-order valence-corrected chi connectivity index (χ2v) is 8.88. The molecule has 5 nitrogen and oxygen atoms in total. The number of benzene rings is 3. The Bertz CT molecular complexity index is 1150. The molecule has 0 saturated heterocycles. The first-order chi connectivity index (χ1) is 13.3. The molecule has 2 aliphatic heterocycles. The van der Waals surface area contributed by atoms with Crippen molar-refractivity contribution in [2.45, 2.75) is 5.60 Å².